The maximum atomic E-state index is 13.0. The van der Waals surface area contributed by atoms with Crippen LogP contribution in [0.5, 0.6) is 5.75 Å². The Morgan fingerprint density at radius 3 is 1.88 bits per heavy atom. The van der Waals surface area contributed by atoms with E-state index in [-0.39, 0.29) is 11.8 Å². The van der Waals surface area contributed by atoms with Crippen LogP contribution in [0.15, 0.2) is 72.8 Å². The first-order chi connectivity index (χ1) is 15.5. The summed E-state index contributed by atoms with van der Waals surface area (Å²) in [6, 6.07) is 22.3. The van der Waals surface area contributed by atoms with Gasteiger partial charge in [0.25, 0.3) is 0 Å². The van der Waals surface area contributed by atoms with Crippen molar-refractivity contribution in [2.24, 2.45) is 0 Å². The second-order valence-electron chi connectivity index (χ2n) is 8.42. The highest BCUT2D eigenvalue weighted by molar-refractivity contribution is 5.91. The minimum atomic E-state index is -0.539. The molecule has 0 N–H and O–H groups in total. The number of rotatable bonds is 5. The molecule has 0 radical (unpaired) electrons. The molecule has 0 aliphatic heterocycles. The van der Waals surface area contributed by atoms with Crippen molar-refractivity contribution in [1.29, 1.82) is 0 Å². The Labute approximate surface area is 186 Å². The van der Waals surface area contributed by atoms with E-state index in [4.69, 9.17) is 14.2 Å². The smallest absolute Gasteiger partial charge is 0.338 e. The van der Waals surface area contributed by atoms with E-state index >= 15 is 0 Å². The van der Waals surface area contributed by atoms with Gasteiger partial charge >= 0.3 is 11.9 Å². The highest BCUT2D eigenvalue weighted by atomic mass is 16.6. The molecule has 2 aliphatic rings. The fraction of sp³-hybridized carbons (Fsp3) is 0.259. The summed E-state index contributed by atoms with van der Waals surface area (Å²) < 4.78 is 17.2. The van der Waals surface area contributed by atoms with Crippen LogP contribution in [0.1, 0.15) is 55.7 Å². The number of hydrogen-bond acceptors (Lipinski definition) is 5. The molecule has 5 nitrogen and oxygen atoms in total. The lowest BCUT2D eigenvalue weighted by Crippen LogP contribution is -2.39. The number of aryl methyl sites for hydroxylation is 1. The number of hydrogen-bond donors (Lipinski definition) is 0. The zero-order chi connectivity index (χ0) is 22.2. The average Bonchev–Trinajstić information content (AvgIpc) is 3.36. The molecule has 0 aromatic heterocycles. The van der Waals surface area contributed by atoms with E-state index in [1.54, 1.807) is 43.5 Å². The summed E-state index contributed by atoms with van der Waals surface area (Å²) in [6.45, 7) is 1.93. The Kier molecular flexibility index (Phi) is 5.17. The predicted molar refractivity (Wildman–Crippen MR) is 119 cm³/mol. The van der Waals surface area contributed by atoms with Gasteiger partial charge in [0.05, 0.1) is 18.2 Å². The van der Waals surface area contributed by atoms with Crippen molar-refractivity contribution in [2.45, 2.75) is 37.4 Å². The maximum Gasteiger partial charge on any atom is 0.338 e. The lowest BCUT2D eigenvalue weighted by Gasteiger charge is -2.32. The normalized spacial score (nSPS) is 22.8. The number of fused-ring (bicyclic) bond motifs is 5. The Morgan fingerprint density at radius 2 is 1.31 bits per heavy atom. The lowest BCUT2D eigenvalue weighted by atomic mass is 9.87. The molecule has 0 spiro atoms. The van der Waals surface area contributed by atoms with Gasteiger partial charge < -0.3 is 14.2 Å². The first-order valence-electron chi connectivity index (χ1n) is 10.8. The molecule has 1 fully saturated rings. The van der Waals surface area contributed by atoms with Gasteiger partial charge in [0.2, 0.25) is 0 Å². The first kappa shape index (κ1) is 20.3. The highest BCUT2D eigenvalue weighted by Crippen LogP contribution is 2.55. The number of ether oxygens (including phenoxy) is 3. The molecule has 5 heteroatoms. The molecule has 32 heavy (non-hydrogen) atoms. The maximum absolute atomic E-state index is 13.0. The number of carbonyl (C=O) groups excluding carboxylic acids is 2. The van der Waals surface area contributed by atoms with Crippen LogP contribution in [0, 0.1) is 6.92 Å². The molecule has 4 unspecified atom stereocenters. The standard InChI is InChI=1S/C27H24O5/c1-16-7-5-8-17(13-16)26(28)31-24-22-15-23(21-12-4-3-11-20(21)22)25(24)32-27(29)18-9-6-10-19(14-18)30-2/h3-14,22-25H,15H2,1-2H3. The Balaban J connectivity index is 1.44. The summed E-state index contributed by atoms with van der Waals surface area (Å²) in [7, 11) is 1.55. The van der Waals surface area contributed by atoms with Gasteiger partial charge in [-0.15, -0.1) is 0 Å². The molecule has 0 heterocycles. The molecule has 3 aromatic carbocycles. The fourth-order valence-electron chi connectivity index (χ4n) is 5.00. The Bertz CT molecular complexity index is 1180. The van der Waals surface area contributed by atoms with Crippen molar-refractivity contribution in [2.75, 3.05) is 7.11 Å². The Morgan fingerprint density at radius 1 is 0.750 bits per heavy atom. The molecule has 2 aliphatic carbocycles. The lowest BCUT2D eigenvalue weighted by molar-refractivity contribution is -0.0348. The van der Waals surface area contributed by atoms with E-state index in [1.807, 2.05) is 31.2 Å². The minimum absolute atomic E-state index is 0.000988. The molecular weight excluding hydrogens is 404 g/mol. The van der Waals surface area contributed by atoms with Crippen LogP contribution in [-0.2, 0) is 9.47 Å². The summed E-state index contributed by atoms with van der Waals surface area (Å²) in [5.41, 5.74) is 4.24. The molecule has 0 amide bonds. The van der Waals surface area contributed by atoms with E-state index in [1.165, 1.54) is 11.1 Å². The van der Waals surface area contributed by atoms with Gasteiger partial charge in [0, 0.05) is 11.8 Å². The minimum Gasteiger partial charge on any atom is -0.497 e. The molecule has 3 aromatic rings. The third-order valence-electron chi connectivity index (χ3n) is 6.47. The zero-order valence-electron chi connectivity index (χ0n) is 18.0. The SMILES string of the molecule is COc1cccc(C(=O)OC2C3CC(c4ccccc43)C2OC(=O)c2cccc(C)c2)c1. The summed E-state index contributed by atoms with van der Waals surface area (Å²) in [5.74, 6) is -0.254. The van der Waals surface area contributed by atoms with Gasteiger partial charge in [-0.05, 0) is 54.8 Å². The predicted octanol–water partition coefficient (Wildman–Crippen LogP) is 5.04. The second kappa shape index (κ2) is 8.15. The van der Waals surface area contributed by atoms with E-state index in [9.17, 15) is 9.59 Å². The van der Waals surface area contributed by atoms with Gasteiger partial charge in [-0.1, -0.05) is 48.0 Å². The number of esters is 2. The zero-order valence-corrected chi connectivity index (χ0v) is 18.0. The van der Waals surface area contributed by atoms with Crippen LogP contribution in [0.4, 0.5) is 0 Å². The first-order valence-corrected chi connectivity index (χ1v) is 10.8. The average molecular weight is 428 g/mol. The van der Waals surface area contributed by atoms with E-state index in [0.29, 0.717) is 16.9 Å². The molecular formula is C27H24O5. The van der Waals surface area contributed by atoms with Crippen molar-refractivity contribution >= 4 is 11.9 Å². The van der Waals surface area contributed by atoms with Crippen LogP contribution >= 0.6 is 0 Å². The molecule has 162 valence electrons. The summed E-state index contributed by atoms with van der Waals surface area (Å²) in [4.78, 5) is 25.9. The second-order valence-corrected chi connectivity index (χ2v) is 8.42. The van der Waals surface area contributed by atoms with Crippen LogP contribution in [0.3, 0.4) is 0 Å². The summed E-state index contributed by atoms with van der Waals surface area (Å²) >= 11 is 0. The van der Waals surface area contributed by atoms with E-state index < -0.39 is 24.1 Å². The van der Waals surface area contributed by atoms with Crippen molar-refractivity contribution in [1.82, 2.24) is 0 Å². The van der Waals surface area contributed by atoms with Crippen LogP contribution in [0.25, 0.3) is 0 Å². The van der Waals surface area contributed by atoms with Crippen molar-refractivity contribution in [3.63, 3.8) is 0 Å². The van der Waals surface area contributed by atoms with Gasteiger partial charge in [-0.2, -0.15) is 0 Å². The summed E-state index contributed by atoms with van der Waals surface area (Å²) in [5, 5.41) is 0. The van der Waals surface area contributed by atoms with Gasteiger partial charge in [0.15, 0.2) is 0 Å². The van der Waals surface area contributed by atoms with Crippen LogP contribution < -0.4 is 4.74 Å². The van der Waals surface area contributed by atoms with Crippen LogP contribution in [0.2, 0.25) is 0 Å². The monoisotopic (exact) mass is 428 g/mol. The number of benzene rings is 3. The van der Waals surface area contributed by atoms with Gasteiger partial charge in [0.1, 0.15) is 18.0 Å². The third kappa shape index (κ3) is 3.54. The van der Waals surface area contributed by atoms with Crippen LogP contribution in [-0.4, -0.2) is 31.3 Å². The summed E-state index contributed by atoms with van der Waals surface area (Å²) in [6.07, 6.45) is -0.277. The van der Waals surface area contributed by atoms with Gasteiger partial charge in [-0.25, -0.2) is 9.59 Å². The molecule has 1 saturated carbocycles. The number of methoxy groups -OCH3 is 1. The van der Waals surface area contributed by atoms with Gasteiger partial charge in [-0.3, -0.25) is 0 Å². The molecule has 5 rings (SSSR count). The van der Waals surface area contributed by atoms with E-state index in [2.05, 4.69) is 12.1 Å². The van der Waals surface area contributed by atoms with E-state index in [0.717, 1.165) is 12.0 Å². The molecule has 4 atom stereocenters. The Hall–Kier alpha value is -3.60. The quantitative estimate of drug-likeness (QED) is 0.533. The van der Waals surface area contributed by atoms with Crippen molar-refractivity contribution in [3.05, 3.63) is 101 Å². The van der Waals surface area contributed by atoms with Crippen molar-refractivity contribution in [3.8, 4) is 5.75 Å². The van der Waals surface area contributed by atoms with Crippen molar-refractivity contribution < 1.29 is 23.8 Å². The third-order valence-corrected chi connectivity index (χ3v) is 6.47. The molecule has 0 saturated heterocycles. The number of carbonyl (C=O) groups is 2. The molecule has 2 bridgehead atoms. The highest BCUT2D eigenvalue weighted by Gasteiger charge is 2.55. The largest absolute Gasteiger partial charge is 0.497 e. The topological polar surface area (TPSA) is 61.8 Å². The fourth-order valence-corrected chi connectivity index (χ4v) is 5.00.